The number of para-hydroxylation sites is 1. The van der Waals surface area contributed by atoms with Gasteiger partial charge in [-0.05, 0) is 31.0 Å². The van der Waals surface area contributed by atoms with Crippen molar-refractivity contribution >= 4 is 17.9 Å². The topological polar surface area (TPSA) is 93.5 Å². The van der Waals surface area contributed by atoms with Gasteiger partial charge in [0, 0.05) is 19.0 Å². The smallest absolute Gasteiger partial charge is 0.357 e. The average Bonchev–Trinajstić information content (AvgIpc) is 3.26. The Morgan fingerprint density at radius 1 is 1.23 bits per heavy atom. The molecule has 0 atom stereocenters. The summed E-state index contributed by atoms with van der Waals surface area (Å²) in [4.78, 5) is 37.1. The van der Waals surface area contributed by atoms with Crippen molar-refractivity contribution in [2.75, 3.05) is 19.7 Å². The molecule has 8 heteroatoms. The Kier molecular flexibility index (Phi) is 4.16. The zero-order chi connectivity index (χ0) is 18.1. The summed E-state index contributed by atoms with van der Waals surface area (Å²) in [5.74, 6) is -0.802. The van der Waals surface area contributed by atoms with Gasteiger partial charge in [0.05, 0.1) is 11.4 Å². The number of nitrogens with one attached hydrogen (secondary N) is 1. The molecule has 1 N–H and O–H groups in total. The van der Waals surface area contributed by atoms with Crippen LogP contribution < -0.4 is 5.32 Å². The number of ether oxygens (including phenoxy) is 1. The second-order valence-electron chi connectivity index (χ2n) is 6.33. The summed E-state index contributed by atoms with van der Waals surface area (Å²) in [7, 11) is 0. The van der Waals surface area contributed by atoms with E-state index in [0.29, 0.717) is 12.5 Å². The molecule has 0 spiro atoms. The minimum Gasteiger partial charge on any atom is -0.451 e. The Morgan fingerprint density at radius 2 is 2.00 bits per heavy atom. The number of rotatable bonds is 5. The maximum Gasteiger partial charge on any atom is 0.357 e. The molecule has 1 aromatic heterocycles. The number of amides is 3. The summed E-state index contributed by atoms with van der Waals surface area (Å²) in [5, 5.41) is 7.07. The van der Waals surface area contributed by atoms with Crippen molar-refractivity contribution < 1.29 is 19.1 Å². The van der Waals surface area contributed by atoms with Gasteiger partial charge in [-0.1, -0.05) is 18.2 Å². The Balaban J connectivity index is 1.51. The molecule has 0 bridgehead atoms. The van der Waals surface area contributed by atoms with Gasteiger partial charge >= 0.3 is 12.0 Å². The van der Waals surface area contributed by atoms with E-state index in [1.807, 2.05) is 30.3 Å². The standard InChI is InChI=1S/C18H18N4O4/c23-16(21-9-8-19-18(21)25)11-26-17(24)15-10-14(12-6-7-12)20-22(15)13-4-2-1-3-5-13/h1-5,10,12H,6-9,11H2,(H,19,25). The van der Waals surface area contributed by atoms with Crippen molar-refractivity contribution in [1.29, 1.82) is 0 Å². The van der Waals surface area contributed by atoms with Crippen molar-refractivity contribution in [3.05, 3.63) is 47.8 Å². The van der Waals surface area contributed by atoms with Crippen LogP contribution in [0.1, 0.15) is 34.9 Å². The molecular weight excluding hydrogens is 336 g/mol. The van der Waals surface area contributed by atoms with Crippen LogP contribution in [0, 0.1) is 0 Å². The number of carbonyl (C=O) groups is 3. The van der Waals surface area contributed by atoms with Gasteiger partial charge in [0.25, 0.3) is 5.91 Å². The van der Waals surface area contributed by atoms with Gasteiger partial charge in [-0.15, -0.1) is 0 Å². The molecular formula is C18H18N4O4. The first-order valence-electron chi connectivity index (χ1n) is 8.54. The summed E-state index contributed by atoms with van der Waals surface area (Å²) in [6, 6.07) is 10.6. The highest BCUT2D eigenvalue weighted by Crippen LogP contribution is 2.39. The van der Waals surface area contributed by atoms with Gasteiger partial charge in [0.1, 0.15) is 0 Å². The van der Waals surface area contributed by atoms with E-state index >= 15 is 0 Å². The number of hydrogen-bond acceptors (Lipinski definition) is 5. The van der Waals surface area contributed by atoms with Crippen LogP contribution in [-0.2, 0) is 9.53 Å². The summed E-state index contributed by atoms with van der Waals surface area (Å²) in [6.07, 6.45) is 2.12. The molecule has 26 heavy (non-hydrogen) atoms. The number of carbonyl (C=O) groups excluding carboxylic acids is 3. The van der Waals surface area contributed by atoms with E-state index in [4.69, 9.17) is 4.74 Å². The van der Waals surface area contributed by atoms with E-state index in [9.17, 15) is 14.4 Å². The van der Waals surface area contributed by atoms with E-state index in [1.54, 1.807) is 10.7 Å². The third-order valence-electron chi connectivity index (χ3n) is 4.42. The summed E-state index contributed by atoms with van der Waals surface area (Å²) < 4.78 is 6.70. The average molecular weight is 354 g/mol. The highest BCUT2D eigenvalue weighted by molar-refractivity contribution is 5.98. The lowest BCUT2D eigenvalue weighted by Crippen LogP contribution is -2.37. The Hall–Kier alpha value is -3.16. The number of benzene rings is 1. The molecule has 1 saturated carbocycles. The number of imide groups is 1. The first-order chi connectivity index (χ1) is 12.6. The summed E-state index contributed by atoms with van der Waals surface area (Å²) in [6.45, 7) is 0.206. The van der Waals surface area contributed by atoms with E-state index in [-0.39, 0.29) is 12.2 Å². The van der Waals surface area contributed by atoms with Crippen LogP contribution in [0.2, 0.25) is 0 Å². The van der Waals surface area contributed by atoms with Crippen LogP contribution in [0.4, 0.5) is 4.79 Å². The van der Waals surface area contributed by atoms with E-state index in [0.717, 1.165) is 29.1 Å². The van der Waals surface area contributed by atoms with Crippen LogP contribution in [0.5, 0.6) is 0 Å². The molecule has 1 aromatic carbocycles. The number of urea groups is 1. The molecule has 2 heterocycles. The van der Waals surface area contributed by atoms with Crippen molar-refractivity contribution in [1.82, 2.24) is 20.0 Å². The van der Waals surface area contributed by atoms with Crippen LogP contribution in [0.15, 0.2) is 36.4 Å². The van der Waals surface area contributed by atoms with Gasteiger partial charge in [-0.25, -0.2) is 14.3 Å². The lowest BCUT2D eigenvalue weighted by Gasteiger charge is -2.12. The molecule has 2 aromatic rings. The van der Waals surface area contributed by atoms with Gasteiger partial charge in [0.2, 0.25) is 0 Å². The predicted octanol–water partition coefficient (Wildman–Crippen LogP) is 1.46. The first-order valence-corrected chi connectivity index (χ1v) is 8.54. The molecule has 2 aliphatic rings. The van der Waals surface area contributed by atoms with Gasteiger partial charge in [-0.2, -0.15) is 5.10 Å². The van der Waals surface area contributed by atoms with Crippen LogP contribution in [0.25, 0.3) is 5.69 Å². The zero-order valence-electron chi connectivity index (χ0n) is 14.1. The number of nitrogens with zero attached hydrogens (tertiary/aromatic N) is 3. The number of hydrogen-bond donors (Lipinski definition) is 1. The SMILES string of the molecule is O=C(OCC(=O)N1CCNC1=O)c1cc(C2CC2)nn1-c1ccccc1. The molecule has 3 amide bonds. The quantitative estimate of drug-likeness (QED) is 0.821. The van der Waals surface area contributed by atoms with Gasteiger partial charge < -0.3 is 10.1 Å². The van der Waals surface area contributed by atoms with Crippen molar-refractivity contribution in [3.63, 3.8) is 0 Å². The second-order valence-corrected chi connectivity index (χ2v) is 6.33. The Morgan fingerprint density at radius 3 is 2.65 bits per heavy atom. The van der Waals surface area contributed by atoms with Crippen molar-refractivity contribution in [2.45, 2.75) is 18.8 Å². The largest absolute Gasteiger partial charge is 0.451 e. The summed E-state index contributed by atoms with van der Waals surface area (Å²) >= 11 is 0. The zero-order valence-corrected chi connectivity index (χ0v) is 14.1. The lowest BCUT2D eigenvalue weighted by atomic mass is 10.2. The summed E-state index contributed by atoms with van der Waals surface area (Å²) in [5.41, 5.74) is 1.87. The third kappa shape index (κ3) is 3.17. The normalized spacial score (nSPS) is 16.5. The number of esters is 1. The van der Waals surface area contributed by atoms with Crippen LogP contribution in [0.3, 0.4) is 0 Å². The first kappa shape index (κ1) is 16.3. The fourth-order valence-electron chi connectivity index (χ4n) is 2.88. The molecule has 1 saturated heterocycles. The molecule has 0 radical (unpaired) electrons. The van der Waals surface area contributed by atoms with E-state index < -0.39 is 24.5 Å². The van der Waals surface area contributed by atoms with Crippen molar-refractivity contribution in [2.24, 2.45) is 0 Å². The maximum atomic E-state index is 12.5. The molecule has 0 unspecified atom stereocenters. The van der Waals surface area contributed by atoms with E-state index in [1.165, 1.54) is 0 Å². The second kappa shape index (κ2) is 6.62. The molecule has 134 valence electrons. The van der Waals surface area contributed by atoms with Crippen LogP contribution in [-0.4, -0.2) is 52.3 Å². The van der Waals surface area contributed by atoms with Gasteiger partial charge in [-0.3, -0.25) is 9.69 Å². The lowest BCUT2D eigenvalue weighted by molar-refractivity contribution is -0.130. The minimum atomic E-state index is -0.638. The van der Waals surface area contributed by atoms with E-state index in [2.05, 4.69) is 10.4 Å². The van der Waals surface area contributed by atoms with Crippen molar-refractivity contribution in [3.8, 4) is 5.69 Å². The predicted molar refractivity (Wildman–Crippen MR) is 90.9 cm³/mol. The molecule has 2 fully saturated rings. The molecule has 1 aliphatic heterocycles. The Labute approximate surface area is 149 Å². The molecule has 1 aliphatic carbocycles. The highest BCUT2D eigenvalue weighted by Gasteiger charge is 2.30. The minimum absolute atomic E-state index is 0.275. The van der Waals surface area contributed by atoms with Crippen LogP contribution >= 0.6 is 0 Å². The number of aromatic nitrogens is 2. The maximum absolute atomic E-state index is 12.5. The molecule has 8 nitrogen and oxygen atoms in total. The fraction of sp³-hybridized carbons (Fsp3) is 0.333. The monoisotopic (exact) mass is 354 g/mol. The Bertz CT molecular complexity index is 857. The third-order valence-corrected chi connectivity index (χ3v) is 4.42. The highest BCUT2D eigenvalue weighted by atomic mass is 16.5. The molecule has 4 rings (SSSR count). The fourth-order valence-corrected chi connectivity index (χ4v) is 2.88. The van der Waals surface area contributed by atoms with Gasteiger partial charge in [0.15, 0.2) is 12.3 Å².